The van der Waals surface area contributed by atoms with Crippen molar-refractivity contribution in [2.75, 3.05) is 0 Å². The topological polar surface area (TPSA) is 25.2 Å². The second-order valence-electron chi connectivity index (χ2n) is 6.01. The van der Waals surface area contributed by atoms with Crippen LogP contribution in [0.4, 0.5) is 0 Å². The minimum absolute atomic E-state index is 0.734. The number of rotatable bonds is 7. The van der Waals surface area contributed by atoms with Crippen LogP contribution in [0.3, 0.4) is 0 Å². The summed E-state index contributed by atoms with van der Waals surface area (Å²) in [5.74, 6) is 4.12. The van der Waals surface area contributed by atoms with E-state index in [0.29, 0.717) is 0 Å². The molecule has 1 aromatic carbocycles. The van der Waals surface area contributed by atoms with Gasteiger partial charge in [-0.2, -0.15) is 0 Å². The smallest absolute Gasteiger partial charge is 0.118 e. The van der Waals surface area contributed by atoms with Crippen LogP contribution in [0, 0.1) is 13.8 Å². The van der Waals surface area contributed by atoms with Crippen LogP contribution in [0.2, 0.25) is 0 Å². The van der Waals surface area contributed by atoms with Crippen LogP contribution in [0.15, 0.2) is 34.7 Å². The van der Waals surface area contributed by atoms with Crippen LogP contribution in [-0.4, -0.2) is 6.04 Å². The maximum Gasteiger partial charge on any atom is 0.118 e. The Morgan fingerprint density at radius 3 is 2.48 bits per heavy atom. The SMILES string of the molecule is Cc1cc(C)cc(CSCc2ccc(CNC3CC3)o2)c1. The molecular weight excluding hydrogens is 278 g/mol. The summed E-state index contributed by atoms with van der Waals surface area (Å²) >= 11 is 1.91. The van der Waals surface area contributed by atoms with Crippen LogP contribution in [-0.2, 0) is 18.1 Å². The minimum Gasteiger partial charge on any atom is -0.464 e. The van der Waals surface area contributed by atoms with E-state index in [0.717, 1.165) is 35.6 Å². The summed E-state index contributed by atoms with van der Waals surface area (Å²) in [4.78, 5) is 0. The van der Waals surface area contributed by atoms with Crippen LogP contribution >= 0.6 is 11.8 Å². The summed E-state index contributed by atoms with van der Waals surface area (Å²) in [6.07, 6.45) is 2.64. The average Bonchev–Trinajstić information content (AvgIpc) is 3.15. The Morgan fingerprint density at radius 2 is 1.76 bits per heavy atom. The lowest BCUT2D eigenvalue weighted by molar-refractivity contribution is 0.458. The molecule has 0 aliphatic heterocycles. The molecule has 3 rings (SSSR count). The third-order valence-corrected chi connectivity index (χ3v) is 4.68. The average molecular weight is 301 g/mol. The third kappa shape index (κ3) is 4.65. The number of hydrogen-bond donors (Lipinski definition) is 1. The van der Waals surface area contributed by atoms with E-state index in [1.165, 1.54) is 29.5 Å². The lowest BCUT2D eigenvalue weighted by atomic mass is 10.1. The molecular formula is C18H23NOS. The number of furan rings is 1. The zero-order valence-corrected chi connectivity index (χ0v) is 13.6. The molecule has 3 heteroatoms. The van der Waals surface area contributed by atoms with Gasteiger partial charge in [0.05, 0.1) is 12.3 Å². The lowest BCUT2D eigenvalue weighted by Gasteiger charge is -2.04. The molecule has 1 N–H and O–H groups in total. The molecule has 1 saturated carbocycles. The largest absolute Gasteiger partial charge is 0.464 e. The van der Waals surface area contributed by atoms with Gasteiger partial charge in [-0.15, -0.1) is 11.8 Å². The van der Waals surface area contributed by atoms with E-state index in [1.54, 1.807) is 0 Å². The van der Waals surface area contributed by atoms with Gasteiger partial charge < -0.3 is 9.73 Å². The Morgan fingerprint density at radius 1 is 1.05 bits per heavy atom. The van der Waals surface area contributed by atoms with Crippen molar-refractivity contribution in [3.63, 3.8) is 0 Å². The van der Waals surface area contributed by atoms with Gasteiger partial charge >= 0.3 is 0 Å². The maximum absolute atomic E-state index is 5.86. The van der Waals surface area contributed by atoms with Crippen LogP contribution in [0.5, 0.6) is 0 Å². The van der Waals surface area contributed by atoms with Crippen molar-refractivity contribution in [1.82, 2.24) is 5.32 Å². The van der Waals surface area contributed by atoms with Gasteiger partial charge in [0.2, 0.25) is 0 Å². The summed E-state index contributed by atoms with van der Waals surface area (Å²) in [6.45, 7) is 5.19. The fourth-order valence-electron chi connectivity index (χ4n) is 2.55. The summed E-state index contributed by atoms with van der Waals surface area (Å²) < 4.78 is 5.86. The molecule has 2 aromatic rings. The fourth-order valence-corrected chi connectivity index (χ4v) is 3.41. The van der Waals surface area contributed by atoms with Gasteiger partial charge in [-0.05, 0) is 44.4 Å². The van der Waals surface area contributed by atoms with Crippen molar-refractivity contribution in [3.8, 4) is 0 Å². The molecule has 0 saturated heterocycles. The van der Waals surface area contributed by atoms with E-state index in [4.69, 9.17) is 4.42 Å². The summed E-state index contributed by atoms with van der Waals surface area (Å²) in [5.41, 5.74) is 4.09. The molecule has 1 aromatic heterocycles. The molecule has 21 heavy (non-hydrogen) atoms. The summed E-state index contributed by atoms with van der Waals surface area (Å²) in [7, 11) is 0. The first kappa shape index (κ1) is 14.7. The first-order valence-electron chi connectivity index (χ1n) is 7.65. The Labute approximate surface area is 131 Å². The molecule has 112 valence electrons. The van der Waals surface area contributed by atoms with Crippen molar-refractivity contribution in [1.29, 1.82) is 0 Å². The molecule has 0 radical (unpaired) electrons. The van der Waals surface area contributed by atoms with Crippen molar-refractivity contribution >= 4 is 11.8 Å². The van der Waals surface area contributed by atoms with E-state index in [1.807, 2.05) is 11.8 Å². The number of benzene rings is 1. The van der Waals surface area contributed by atoms with Crippen molar-refractivity contribution in [2.24, 2.45) is 0 Å². The maximum atomic E-state index is 5.86. The van der Waals surface area contributed by atoms with Gasteiger partial charge in [-0.1, -0.05) is 29.3 Å². The zero-order chi connectivity index (χ0) is 14.7. The number of nitrogens with one attached hydrogen (secondary N) is 1. The molecule has 0 unspecified atom stereocenters. The monoisotopic (exact) mass is 301 g/mol. The molecule has 1 fully saturated rings. The summed E-state index contributed by atoms with van der Waals surface area (Å²) in [6, 6.07) is 11.7. The first-order valence-corrected chi connectivity index (χ1v) is 8.80. The van der Waals surface area contributed by atoms with Crippen molar-refractivity contribution in [3.05, 3.63) is 58.5 Å². The van der Waals surface area contributed by atoms with Crippen LogP contribution < -0.4 is 5.32 Å². The summed E-state index contributed by atoms with van der Waals surface area (Å²) in [5, 5.41) is 3.48. The molecule has 1 heterocycles. The Balaban J connectivity index is 1.46. The van der Waals surface area contributed by atoms with Gasteiger partial charge in [-0.25, -0.2) is 0 Å². The highest BCUT2D eigenvalue weighted by Gasteiger charge is 2.20. The predicted molar refractivity (Wildman–Crippen MR) is 89.5 cm³/mol. The predicted octanol–water partition coefficient (Wildman–Crippen LogP) is 4.58. The van der Waals surface area contributed by atoms with Gasteiger partial charge in [0.1, 0.15) is 11.5 Å². The normalized spacial score (nSPS) is 14.6. The molecule has 1 aliphatic rings. The van der Waals surface area contributed by atoms with Crippen molar-refractivity contribution < 1.29 is 4.42 Å². The lowest BCUT2D eigenvalue weighted by Crippen LogP contribution is -2.14. The first-order chi connectivity index (χ1) is 10.2. The molecule has 1 aliphatic carbocycles. The third-order valence-electron chi connectivity index (χ3n) is 3.65. The quantitative estimate of drug-likeness (QED) is 0.810. The van der Waals surface area contributed by atoms with Gasteiger partial charge in [0, 0.05) is 11.8 Å². The van der Waals surface area contributed by atoms with Crippen LogP contribution in [0.1, 0.15) is 41.1 Å². The fraction of sp³-hybridized carbons (Fsp3) is 0.444. The molecule has 0 bridgehead atoms. The van der Waals surface area contributed by atoms with E-state index < -0.39 is 0 Å². The second-order valence-corrected chi connectivity index (χ2v) is 7.00. The highest BCUT2D eigenvalue weighted by molar-refractivity contribution is 7.97. The highest BCUT2D eigenvalue weighted by Crippen LogP contribution is 2.22. The van der Waals surface area contributed by atoms with E-state index in [9.17, 15) is 0 Å². The number of hydrogen-bond acceptors (Lipinski definition) is 3. The molecule has 0 amide bonds. The second kappa shape index (κ2) is 6.71. The number of aryl methyl sites for hydroxylation is 2. The van der Waals surface area contributed by atoms with Crippen LogP contribution in [0.25, 0.3) is 0 Å². The molecule has 2 nitrogen and oxygen atoms in total. The Bertz CT molecular complexity index is 581. The zero-order valence-electron chi connectivity index (χ0n) is 12.8. The highest BCUT2D eigenvalue weighted by atomic mass is 32.2. The van der Waals surface area contributed by atoms with E-state index in [-0.39, 0.29) is 0 Å². The minimum atomic E-state index is 0.734. The van der Waals surface area contributed by atoms with E-state index in [2.05, 4.69) is 49.5 Å². The van der Waals surface area contributed by atoms with Gasteiger partial charge in [0.15, 0.2) is 0 Å². The van der Waals surface area contributed by atoms with Gasteiger partial charge in [0.25, 0.3) is 0 Å². The Hall–Kier alpha value is -1.19. The number of thioether (sulfide) groups is 1. The Kier molecular flexibility index (Phi) is 4.71. The van der Waals surface area contributed by atoms with E-state index >= 15 is 0 Å². The molecule has 0 spiro atoms. The standard InChI is InChI=1S/C18H23NOS/c1-13-7-14(2)9-15(8-13)11-21-12-18-6-5-17(20-18)10-19-16-3-4-16/h5-9,16,19H,3-4,10-12H2,1-2H3. The molecule has 0 atom stereocenters. The van der Waals surface area contributed by atoms with Crippen molar-refractivity contribution in [2.45, 2.75) is 50.8 Å². The van der Waals surface area contributed by atoms with Gasteiger partial charge in [-0.3, -0.25) is 0 Å².